The predicted octanol–water partition coefficient (Wildman–Crippen LogP) is 3.29. The molecule has 19 heavy (non-hydrogen) atoms. The number of rotatable bonds is 2. The van der Waals surface area contributed by atoms with Crippen molar-refractivity contribution in [1.82, 2.24) is 4.98 Å². The third-order valence-corrected chi connectivity index (χ3v) is 3.56. The molecule has 1 aliphatic heterocycles. The van der Waals surface area contributed by atoms with Crippen LogP contribution in [0.2, 0.25) is 0 Å². The zero-order valence-electron chi connectivity index (χ0n) is 11.1. The van der Waals surface area contributed by atoms with Gasteiger partial charge >= 0.3 is 0 Å². The van der Waals surface area contributed by atoms with E-state index in [1.54, 1.807) is 6.20 Å². The van der Waals surface area contributed by atoms with Crippen molar-refractivity contribution < 1.29 is 4.79 Å². The Kier molecular flexibility index (Phi) is 2.82. The van der Waals surface area contributed by atoms with Gasteiger partial charge in [0.15, 0.2) is 0 Å². The van der Waals surface area contributed by atoms with E-state index in [0.29, 0.717) is 5.92 Å². The number of anilines is 1. The highest BCUT2D eigenvalue weighted by Crippen LogP contribution is 2.37. The molecule has 0 saturated carbocycles. The molecule has 0 radical (unpaired) electrons. The van der Waals surface area contributed by atoms with Crippen molar-refractivity contribution in [2.24, 2.45) is 0 Å². The number of fused-ring (bicyclic) bond motifs is 1. The first-order valence-electron chi connectivity index (χ1n) is 6.52. The second-order valence-electron chi connectivity index (χ2n) is 5.18. The van der Waals surface area contributed by atoms with Gasteiger partial charge in [-0.05, 0) is 35.2 Å². The van der Waals surface area contributed by atoms with Gasteiger partial charge in [0.2, 0.25) is 5.91 Å². The summed E-state index contributed by atoms with van der Waals surface area (Å²) in [6.45, 7) is 4.30. The zero-order chi connectivity index (χ0) is 13.4. The van der Waals surface area contributed by atoms with Crippen LogP contribution in [-0.4, -0.2) is 10.9 Å². The van der Waals surface area contributed by atoms with Crippen molar-refractivity contribution in [3.05, 3.63) is 59.4 Å². The highest BCUT2D eigenvalue weighted by molar-refractivity contribution is 6.04. The topological polar surface area (TPSA) is 42.0 Å². The Balaban J connectivity index is 2.06. The lowest BCUT2D eigenvalue weighted by Gasteiger charge is -2.10. The van der Waals surface area contributed by atoms with Crippen LogP contribution in [0.15, 0.2) is 42.6 Å². The van der Waals surface area contributed by atoms with Gasteiger partial charge in [0, 0.05) is 11.9 Å². The van der Waals surface area contributed by atoms with Crippen molar-refractivity contribution in [2.45, 2.75) is 25.7 Å². The third-order valence-electron chi connectivity index (χ3n) is 3.56. The van der Waals surface area contributed by atoms with Gasteiger partial charge < -0.3 is 5.32 Å². The summed E-state index contributed by atoms with van der Waals surface area (Å²) in [5, 5.41) is 2.96. The highest BCUT2D eigenvalue weighted by atomic mass is 16.2. The van der Waals surface area contributed by atoms with E-state index in [4.69, 9.17) is 0 Å². The average Bonchev–Trinajstić information content (AvgIpc) is 2.74. The molecule has 0 fully saturated rings. The Morgan fingerprint density at radius 2 is 2.05 bits per heavy atom. The molecule has 1 amide bonds. The lowest BCUT2D eigenvalue weighted by atomic mass is 9.93. The number of nitrogens with zero attached hydrogens (tertiary/aromatic N) is 1. The largest absolute Gasteiger partial charge is 0.325 e. The van der Waals surface area contributed by atoms with E-state index in [0.717, 1.165) is 16.9 Å². The molecule has 3 heteroatoms. The van der Waals surface area contributed by atoms with Gasteiger partial charge in [0.05, 0.1) is 5.69 Å². The Hall–Kier alpha value is -2.16. The SMILES string of the molecule is CC(C)c1ccc2c(c1)NC(=O)C2c1ccccn1. The molecule has 1 unspecified atom stereocenters. The number of hydrogen-bond acceptors (Lipinski definition) is 2. The molecule has 1 atom stereocenters. The molecule has 3 rings (SSSR count). The molecule has 1 N–H and O–H groups in total. The van der Waals surface area contributed by atoms with Crippen LogP contribution < -0.4 is 5.32 Å². The van der Waals surface area contributed by atoms with Gasteiger partial charge in [0.25, 0.3) is 0 Å². The summed E-state index contributed by atoms with van der Waals surface area (Å²) >= 11 is 0. The minimum absolute atomic E-state index is 0.00889. The van der Waals surface area contributed by atoms with Gasteiger partial charge in [-0.2, -0.15) is 0 Å². The van der Waals surface area contributed by atoms with E-state index >= 15 is 0 Å². The molecule has 0 bridgehead atoms. The molecular weight excluding hydrogens is 236 g/mol. The summed E-state index contributed by atoms with van der Waals surface area (Å²) in [5.41, 5.74) is 3.98. The Bertz CT molecular complexity index is 620. The summed E-state index contributed by atoms with van der Waals surface area (Å²) in [6.07, 6.45) is 1.73. The average molecular weight is 252 g/mol. The Morgan fingerprint density at radius 3 is 2.74 bits per heavy atom. The second-order valence-corrected chi connectivity index (χ2v) is 5.18. The zero-order valence-corrected chi connectivity index (χ0v) is 11.1. The van der Waals surface area contributed by atoms with E-state index in [9.17, 15) is 4.79 Å². The van der Waals surface area contributed by atoms with Crippen LogP contribution in [0.5, 0.6) is 0 Å². The van der Waals surface area contributed by atoms with Crippen LogP contribution in [0, 0.1) is 0 Å². The van der Waals surface area contributed by atoms with E-state index in [1.807, 2.05) is 24.3 Å². The summed E-state index contributed by atoms with van der Waals surface area (Å²) in [6, 6.07) is 11.9. The van der Waals surface area contributed by atoms with Gasteiger partial charge in [-0.1, -0.05) is 32.0 Å². The van der Waals surface area contributed by atoms with Crippen LogP contribution in [0.4, 0.5) is 5.69 Å². The maximum Gasteiger partial charge on any atom is 0.238 e. The van der Waals surface area contributed by atoms with Crippen molar-refractivity contribution in [2.75, 3.05) is 5.32 Å². The lowest BCUT2D eigenvalue weighted by molar-refractivity contribution is -0.116. The maximum absolute atomic E-state index is 12.2. The predicted molar refractivity (Wildman–Crippen MR) is 75.2 cm³/mol. The fraction of sp³-hybridized carbons (Fsp3) is 0.250. The minimum atomic E-state index is -0.280. The summed E-state index contributed by atoms with van der Waals surface area (Å²) in [5.74, 6) is 0.183. The number of carbonyl (C=O) groups excluding carboxylic acids is 1. The minimum Gasteiger partial charge on any atom is -0.325 e. The Labute approximate surface area is 112 Å². The van der Waals surface area contributed by atoms with E-state index in [2.05, 4.69) is 36.3 Å². The van der Waals surface area contributed by atoms with Crippen molar-refractivity contribution in [3.63, 3.8) is 0 Å². The molecule has 0 saturated heterocycles. The third kappa shape index (κ3) is 2.01. The smallest absolute Gasteiger partial charge is 0.238 e. The van der Waals surface area contributed by atoms with Crippen LogP contribution in [0.25, 0.3) is 0 Å². The first-order valence-corrected chi connectivity index (χ1v) is 6.52. The molecule has 1 aliphatic rings. The number of nitrogens with one attached hydrogen (secondary N) is 1. The summed E-state index contributed by atoms with van der Waals surface area (Å²) in [7, 11) is 0. The number of benzene rings is 1. The number of pyridine rings is 1. The van der Waals surface area contributed by atoms with Crippen LogP contribution in [0.3, 0.4) is 0 Å². The quantitative estimate of drug-likeness (QED) is 0.891. The molecule has 3 nitrogen and oxygen atoms in total. The lowest BCUT2D eigenvalue weighted by Crippen LogP contribution is -2.14. The standard InChI is InChI=1S/C16H16N2O/c1-10(2)11-6-7-12-14(9-11)18-16(19)15(12)13-5-3-4-8-17-13/h3-10,15H,1-2H3,(H,18,19). The second kappa shape index (κ2) is 4.50. The number of carbonyl (C=O) groups is 1. The van der Waals surface area contributed by atoms with E-state index in [1.165, 1.54) is 5.56 Å². The number of aromatic nitrogens is 1. The fourth-order valence-corrected chi connectivity index (χ4v) is 2.48. The van der Waals surface area contributed by atoms with Gasteiger partial charge in [-0.3, -0.25) is 9.78 Å². The molecule has 96 valence electrons. The van der Waals surface area contributed by atoms with Gasteiger partial charge in [-0.25, -0.2) is 0 Å². The molecule has 2 heterocycles. The maximum atomic E-state index is 12.2. The normalized spacial score (nSPS) is 17.4. The highest BCUT2D eigenvalue weighted by Gasteiger charge is 2.32. The van der Waals surface area contributed by atoms with Crippen LogP contribution in [0.1, 0.15) is 42.5 Å². The first kappa shape index (κ1) is 11.9. The van der Waals surface area contributed by atoms with Crippen molar-refractivity contribution in [1.29, 1.82) is 0 Å². The van der Waals surface area contributed by atoms with E-state index in [-0.39, 0.29) is 11.8 Å². The van der Waals surface area contributed by atoms with Gasteiger partial charge in [0.1, 0.15) is 5.92 Å². The first-order chi connectivity index (χ1) is 9.16. The summed E-state index contributed by atoms with van der Waals surface area (Å²) in [4.78, 5) is 16.5. The molecule has 1 aromatic carbocycles. The van der Waals surface area contributed by atoms with E-state index < -0.39 is 0 Å². The van der Waals surface area contributed by atoms with Crippen molar-refractivity contribution >= 4 is 11.6 Å². The molecule has 0 spiro atoms. The fourth-order valence-electron chi connectivity index (χ4n) is 2.48. The van der Waals surface area contributed by atoms with Gasteiger partial charge in [-0.15, -0.1) is 0 Å². The molecule has 1 aromatic heterocycles. The molecule has 0 aliphatic carbocycles. The van der Waals surface area contributed by atoms with Crippen LogP contribution >= 0.6 is 0 Å². The number of amides is 1. The van der Waals surface area contributed by atoms with Crippen molar-refractivity contribution in [3.8, 4) is 0 Å². The Morgan fingerprint density at radius 1 is 1.21 bits per heavy atom. The molecule has 2 aromatic rings. The summed E-state index contributed by atoms with van der Waals surface area (Å²) < 4.78 is 0. The monoisotopic (exact) mass is 252 g/mol. The van der Waals surface area contributed by atoms with Crippen LogP contribution in [-0.2, 0) is 4.79 Å². The number of hydrogen-bond donors (Lipinski definition) is 1. The molecular formula is C16H16N2O.